The van der Waals surface area contributed by atoms with Crippen molar-refractivity contribution in [1.82, 2.24) is 0 Å². The molecule has 0 atom stereocenters. The molecule has 1 saturated carbocycles. The molecule has 162 valence electrons. The maximum atomic E-state index is 13.6. The van der Waals surface area contributed by atoms with Crippen LogP contribution in [0.4, 0.5) is 79.0 Å². The van der Waals surface area contributed by atoms with Crippen molar-refractivity contribution in [3.05, 3.63) is 0 Å². The summed E-state index contributed by atoms with van der Waals surface area (Å²) in [5.41, 5.74) is -26.1. The molecule has 0 aromatic carbocycles. The Kier molecular flexibility index (Phi) is 4.41. The fourth-order valence-electron chi connectivity index (χ4n) is 2.37. The van der Waals surface area contributed by atoms with Crippen molar-refractivity contribution in [3.63, 3.8) is 0 Å². The van der Waals surface area contributed by atoms with Crippen molar-refractivity contribution >= 4 is 0 Å². The first-order valence-corrected chi connectivity index (χ1v) is 5.65. The highest BCUT2D eigenvalue weighted by atomic mass is 19.4. The zero-order chi connectivity index (χ0) is 22.5. The van der Waals surface area contributed by atoms with Gasteiger partial charge in [0.2, 0.25) is 0 Å². The lowest BCUT2D eigenvalue weighted by atomic mass is 9.60. The molecule has 1 fully saturated rings. The molecule has 1 aliphatic rings. The monoisotopic (exact) mass is 450 g/mol. The minimum absolute atomic E-state index is 8.29. The Morgan fingerprint density at radius 1 is 0.296 bits per heavy atom. The molecule has 1 aliphatic carbocycles. The number of halogens is 18. The molecule has 0 amide bonds. The Morgan fingerprint density at radius 2 is 0.407 bits per heavy atom. The van der Waals surface area contributed by atoms with Crippen LogP contribution in [0.25, 0.3) is 0 Å². The molecule has 0 heterocycles. The van der Waals surface area contributed by atoms with Gasteiger partial charge in [0.25, 0.3) is 0 Å². The van der Waals surface area contributed by atoms with Gasteiger partial charge in [-0.25, -0.2) is 13.2 Å². The van der Waals surface area contributed by atoms with Crippen LogP contribution in [0.3, 0.4) is 0 Å². The SMILES string of the molecule is FC(F)(F)C1(F)C(F)(F)C(F)(C(F)(F)F)C(F)(F)C(F)(C(F)(F)F)C1(F)F. The van der Waals surface area contributed by atoms with Crippen molar-refractivity contribution < 1.29 is 79.0 Å². The van der Waals surface area contributed by atoms with Gasteiger partial charge >= 0.3 is 53.3 Å². The Labute approximate surface area is 134 Å². The molecule has 18 heteroatoms. The van der Waals surface area contributed by atoms with Crippen molar-refractivity contribution in [2.24, 2.45) is 0 Å². The molecule has 0 aliphatic heterocycles. The summed E-state index contributed by atoms with van der Waals surface area (Å²) in [6, 6.07) is 0. The minimum atomic E-state index is -8.69. The van der Waals surface area contributed by atoms with Gasteiger partial charge in [-0.15, -0.1) is 0 Å². The summed E-state index contributed by atoms with van der Waals surface area (Å²) in [5, 5.41) is 0. The first-order valence-electron chi connectivity index (χ1n) is 5.65. The summed E-state index contributed by atoms with van der Waals surface area (Å²) in [4.78, 5) is 0. The molecule has 1 rings (SSSR count). The molecule has 0 aromatic rings. The van der Waals surface area contributed by atoms with Crippen molar-refractivity contribution in [3.8, 4) is 0 Å². The summed E-state index contributed by atoms with van der Waals surface area (Å²) in [6.45, 7) is 0. The normalized spacial score (nSPS) is 39.3. The third-order valence-electron chi connectivity index (χ3n) is 3.77. The summed E-state index contributed by atoms with van der Waals surface area (Å²) in [5.74, 6) is -26.0. The second kappa shape index (κ2) is 5.01. The highest BCUT2D eigenvalue weighted by Gasteiger charge is 3.10. The van der Waals surface area contributed by atoms with E-state index in [0.29, 0.717) is 0 Å². The molecule has 0 aromatic heterocycles. The Morgan fingerprint density at radius 3 is 0.481 bits per heavy atom. The van der Waals surface area contributed by atoms with E-state index in [2.05, 4.69) is 0 Å². The van der Waals surface area contributed by atoms with E-state index >= 15 is 0 Å². The topological polar surface area (TPSA) is 0 Å². The first kappa shape index (κ1) is 23.8. The Hall–Kier alpha value is -1.26. The van der Waals surface area contributed by atoms with E-state index in [-0.39, 0.29) is 0 Å². The van der Waals surface area contributed by atoms with E-state index in [1.807, 2.05) is 0 Å². The van der Waals surface area contributed by atoms with Crippen LogP contribution in [0, 0.1) is 0 Å². The van der Waals surface area contributed by atoms with Crippen LogP contribution in [0.5, 0.6) is 0 Å². The van der Waals surface area contributed by atoms with Gasteiger partial charge < -0.3 is 0 Å². The fraction of sp³-hybridized carbons (Fsp3) is 1.00. The van der Waals surface area contributed by atoms with Crippen molar-refractivity contribution in [1.29, 1.82) is 0 Å². The molecule has 0 nitrogen and oxygen atoms in total. The molecule has 0 saturated heterocycles. The van der Waals surface area contributed by atoms with Crippen LogP contribution >= 0.6 is 0 Å². The lowest BCUT2D eigenvalue weighted by molar-refractivity contribution is -0.530. The first-order chi connectivity index (χ1) is 11.2. The van der Waals surface area contributed by atoms with E-state index in [1.165, 1.54) is 0 Å². The van der Waals surface area contributed by atoms with Crippen LogP contribution in [-0.4, -0.2) is 53.3 Å². The summed E-state index contributed by atoms with van der Waals surface area (Å²) in [7, 11) is 0. The Balaban J connectivity index is 4.36. The molecule has 0 radical (unpaired) electrons. The van der Waals surface area contributed by atoms with Crippen molar-refractivity contribution in [2.75, 3.05) is 0 Å². The van der Waals surface area contributed by atoms with E-state index in [4.69, 9.17) is 0 Å². The van der Waals surface area contributed by atoms with Gasteiger partial charge in [-0.1, -0.05) is 0 Å². The third-order valence-corrected chi connectivity index (χ3v) is 3.77. The van der Waals surface area contributed by atoms with Gasteiger partial charge in [0.1, 0.15) is 0 Å². The average molecular weight is 450 g/mol. The number of hydrogen-bond donors (Lipinski definition) is 0. The molecule has 27 heavy (non-hydrogen) atoms. The van der Waals surface area contributed by atoms with Gasteiger partial charge in [-0.2, -0.15) is 65.9 Å². The number of hydrogen-bond acceptors (Lipinski definition) is 0. The van der Waals surface area contributed by atoms with Gasteiger partial charge in [0.05, 0.1) is 0 Å². The molecule has 0 N–H and O–H groups in total. The van der Waals surface area contributed by atoms with Crippen LogP contribution < -0.4 is 0 Å². The minimum Gasteiger partial charge on any atom is -0.220 e. The largest absolute Gasteiger partial charge is 0.434 e. The molecular formula is C9F18. The third kappa shape index (κ3) is 2.01. The zero-order valence-electron chi connectivity index (χ0n) is 11.3. The van der Waals surface area contributed by atoms with Gasteiger partial charge in [0, 0.05) is 0 Å². The lowest BCUT2D eigenvalue weighted by Gasteiger charge is -2.57. The van der Waals surface area contributed by atoms with E-state index < -0.39 is 53.3 Å². The zero-order valence-corrected chi connectivity index (χ0v) is 11.3. The molecule has 0 spiro atoms. The highest BCUT2D eigenvalue weighted by molar-refractivity contribution is 5.36. The fourth-order valence-corrected chi connectivity index (χ4v) is 2.37. The summed E-state index contributed by atoms with van der Waals surface area (Å²) in [6.07, 6.45) is -24.9. The summed E-state index contributed by atoms with van der Waals surface area (Å²) >= 11 is 0. The number of rotatable bonds is 0. The van der Waals surface area contributed by atoms with E-state index in [9.17, 15) is 79.0 Å². The molecular weight excluding hydrogens is 450 g/mol. The standard InChI is InChI=1S/C9F18/c10-1(7(19,20)21)4(13,14)2(11,8(22,23)24)6(17,18)3(12,5(1,15)16)9(25,26)27. The predicted octanol–water partition coefficient (Wildman–Crippen LogP) is 5.72. The lowest BCUT2D eigenvalue weighted by Crippen LogP contribution is -2.93. The molecule has 0 unspecified atom stereocenters. The van der Waals surface area contributed by atoms with Gasteiger partial charge in [0.15, 0.2) is 0 Å². The predicted molar refractivity (Wildman–Crippen MR) is 44.5 cm³/mol. The second-order valence-electron chi connectivity index (χ2n) is 5.19. The van der Waals surface area contributed by atoms with E-state index in [0.717, 1.165) is 0 Å². The maximum Gasteiger partial charge on any atom is 0.434 e. The van der Waals surface area contributed by atoms with Crippen LogP contribution in [-0.2, 0) is 0 Å². The van der Waals surface area contributed by atoms with Crippen molar-refractivity contribution in [2.45, 2.75) is 53.3 Å². The van der Waals surface area contributed by atoms with Crippen LogP contribution in [0.2, 0.25) is 0 Å². The smallest absolute Gasteiger partial charge is 0.220 e. The number of alkyl halides is 18. The van der Waals surface area contributed by atoms with Crippen LogP contribution in [0.1, 0.15) is 0 Å². The Bertz CT molecular complexity index is 496. The second-order valence-corrected chi connectivity index (χ2v) is 5.19. The highest BCUT2D eigenvalue weighted by Crippen LogP contribution is 2.76. The average Bonchev–Trinajstić information content (AvgIpc) is 2.38. The van der Waals surface area contributed by atoms with Crippen LogP contribution in [0.15, 0.2) is 0 Å². The van der Waals surface area contributed by atoms with Gasteiger partial charge in [-0.05, 0) is 0 Å². The maximum absolute atomic E-state index is 13.6. The van der Waals surface area contributed by atoms with E-state index in [1.54, 1.807) is 0 Å². The summed E-state index contributed by atoms with van der Waals surface area (Å²) < 4.78 is 232. The van der Waals surface area contributed by atoms with Gasteiger partial charge in [-0.3, -0.25) is 0 Å². The quantitative estimate of drug-likeness (QED) is 0.415. The molecule has 0 bridgehead atoms.